The summed E-state index contributed by atoms with van der Waals surface area (Å²) in [7, 11) is 0. The summed E-state index contributed by atoms with van der Waals surface area (Å²) in [6.45, 7) is 6.09. The molecule has 5 nitrogen and oxygen atoms in total. The van der Waals surface area contributed by atoms with Gasteiger partial charge in [0.2, 0.25) is 5.96 Å². The second-order valence-electron chi connectivity index (χ2n) is 3.94. The Hall–Kier alpha value is -0.810. The number of rotatable bonds is 4. The lowest BCUT2D eigenvalue weighted by Crippen LogP contribution is -2.39. The minimum atomic E-state index is -0.810. The van der Waals surface area contributed by atoms with Crippen LogP contribution in [0.2, 0.25) is 0 Å². The molecule has 0 heterocycles. The van der Waals surface area contributed by atoms with Crippen molar-refractivity contribution < 1.29 is 5.11 Å². The fourth-order valence-corrected chi connectivity index (χ4v) is 1.25. The van der Waals surface area contributed by atoms with Gasteiger partial charge in [-0.2, -0.15) is 0 Å². The first kappa shape index (κ1) is 12.2. The minimum Gasteiger partial charge on any atom is -0.388 e. The summed E-state index contributed by atoms with van der Waals surface area (Å²) in [4.78, 5) is 3.88. The van der Waals surface area contributed by atoms with Gasteiger partial charge < -0.3 is 10.8 Å². The van der Waals surface area contributed by atoms with Gasteiger partial charge in [-0.3, -0.25) is 5.43 Å². The average Bonchev–Trinajstić information content (AvgIpc) is 1.98. The summed E-state index contributed by atoms with van der Waals surface area (Å²) >= 11 is 0. The van der Waals surface area contributed by atoms with E-state index in [1.807, 2.05) is 13.8 Å². The van der Waals surface area contributed by atoms with E-state index in [9.17, 15) is 5.11 Å². The van der Waals surface area contributed by atoms with Gasteiger partial charge in [0, 0.05) is 0 Å². The maximum absolute atomic E-state index is 9.80. The highest BCUT2D eigenvalue weighted by atomic mass is 16.3. The summed E-state index contributed by atoms with van der Waals surface area (Å²) in [6, 6.07) is 0. The lowest BCUT2D eigenvalue weighted by molar-refractivity contribution is 0.0477. The number of nitrogens with zero attached hydrogens (tertiary/aromatic N) is 1. The van der Waals surface area contributed by atoms with Gasteiger partial charge in [0.1, 0.15) is 0 Å². The van der Waals surface area contributed by atoms with Crippen LogP contribution in [0.5, 0.6) is 0 Å². The number of aliphatic imine (C=N–C) groups is 1. The molecule has 0 aromatic rings. The van der Waals surface area contributed by atoms with Gasteiger partial charge in [0.15, 0.2) is 0 Å². The van der Waals surface area contributed by atoms with E-state index in [-0.39, 0.29) is 12.5 Å². The second kappa shape index (κ2) is 5.04. The number of hydrogen-bond donors (Lipinski definition) is 4. The van der Waals surface area contributed by atoms with Gasteiger partial charge in [-0.25, -0.2) is 10.8 Å². The highest BCUT2D eigenvalue weighted by Crippen LogP contribution is 2.16. The number of nitrogens with two attached hydrogens (primary N) is 2. The van der Waals surface area contributed by atoms with E-state index in [1.54, 1.807) is 6.92 Å². The Labute approximate surface area is 79.2 Å². The van der Waals surface area contributed by atoms with Crippen molar-refractivity contribution in [3.63, 3.8) is 0 Å². The zero-order chi connectivity index (χ0) is 10.5. The molecule has 6 N–H and O–H groups in total. The first-order valence-corrected chi connectivity index (χ1v) is 4.36. The molecule has 0 aromatic heterocycles. The van der Waals surface area contributed by atoms with E-state index < -0.39 is 5.60 Å². The number of aliphatic hydroxyl groups is 1. The molecule has 0 aromatic carbocycles. The van der Waals surface area contributed by atoms with Gasteiger partial charge in [-0.05, 0) is 19.3 Å². The number of hydrogen-bond acceptors (Lipinski definition) is 3. The van der Waals surface area contributed by atoms with Crippen molar-refractivity contribution in [2.45, 2.75) is 32.8 Å². The Kier molecular flexibility index (Phi) is 4.72. The topological polar surface area (TPSA) is 96.7 Å². The molecule has 0 aliphatic rings. The van der Waals surface area contributed by atoms with Crippen LogP contribution < -0.4 is 17.0 Å². The van der Waals surface area contributed by atoms with Crippen molar-refractivity contribution in [3.8, 4) is 0 Å². The Morgan fingerprint density at radius 2 is 2.15 bits per heavy atom. The molecule has 0 radical (unpaired) electrons. The summed E-state index contributed by atoms with van der Waals surface area (Å²) in [5, 5.41) is 9.80. The molecule has 78 valence electrons. The van der Waals surface area contributed by atoms with Crippen LogP contribution in [-0.2, 0) is 0 Å². The Bertz CT molecular complexity index is 177. The Morgan fingerprint density at radius 1 is 1.62 bits per heavy atom. The zero-order valence-corrected chi connectivity index (χ0v) is 8.54. The summed E-state index contributed by atoms with van der Waals surface area (Å²) in [6.07, 6.45) is 0.689. The smallest absolute Gasteiger partial charge is 0.203 e. The Morgan fingerprint density at radius 3 is 2.54 bits per heavy atom. The molecular weight excluding hydrogens is 168 g/mol. The van der Waals surface area contributed by atoms with Crippen LogP contribution in [0.4, 0.5) is 0 Å². The third kappa shape index (κ3) is 6.36. The normalized spacial score (nSPS) is 17.2. The predicted octanol–water partition coefficient (Wildman–Crippen LogP) is -0.438. The third-order valence-corrected chi connectivity index (χ3v) is 1.59. The summed E-state index contributed by atoms with van der Waals surface area (Å²) in [5.41, 5.74) is 6.71. The van der Waals surface area contributed by atoms with E-state index in [4.69, 9.17) is 11.6 Å². The number of hydrazine groups is 1. The SMILES string of the molecule is CC(C)CC(C)(O)CN=C(N)NN. The first-order valence-electron chi connectivity index (χ1n) is 4.36. The van der Waals surface area contributed by atoms with Crippen LogP contribution in [0.1, 0.15) is 27.2 Å². The van der Waals surface area contributed by atoms with E-state index >= 15 is 0 Å². The maximum Gasteiger partial charge on any atom is 0.203 e. The van der Waals surface area contributed by atoms with Crippen LogP contribution in [0, 0.1) is 5.92 Å². The van der Waals surface area contributed by atoms with E-state index in [1.165, 1.54) is 0 Å². The monoisotopic (exact) mass is 188 g/mol. The van der Waals surface area contributed by atoms with Crippen molar-refractivity contribution in [1.29, 1.82) is 0 Å². The largest absolute Gasteiger partial charge is 0.388 e. The van der Waals surface area contributed by atoms with E-state index in [0.29, 0.717) is 12.3 Å². The maximum atomic E-state index is 9.80. The standard InChI is InChI=1S/C8H20N4O/c1-6(2)4-8(3,13)5-11-7(9)12-10/h6,13H,4-5,10H2,1-3H3,(H3,9,11,12). The minimum absolute atomic E-state index is 0.143. The molecular formula is C8H20N4O. The molecule has 0 amide bonds. The third-order valence-electron chi connectivity index (χ3n) is 1.59. The van der Waals surface area contributed by atoms with Crippen LogP contribution >= 0.6 is 0 Å². The van der Waals surface area contributed by atoms with Crippen LogP contribution in [0.15, 0.2) is 4.99 Å². The molecule has 13 heavy (non-hydrogen) atoms. The van der Waals surface area contributed by atoms with Crippen molar-refractivity contribution >= 4 is 5.96 Å². The molecule has 0 bridgehead atoms. The van der Waals surface area contributed by atoms with E-state index in [0.717, 1.165) is 0 Å². The average molecular weight is 188 g/mol. The summed E-state index contributed by atoms with van der Waals surface area (Å²) < 4.78 is 0. The lowest BCUT2D eigenvalue weighted by atomic mass is 9.94. The molecule has 0 saturated heterocycles. The highest BCUT2D eigenvalue weighted by molar-refractivity contribution is 5.77. The molecule has 5 heteroatoms. The highest BCUT2D eigenvalue weighted by Gasteiger charge is 2.21. The fourth-order valence-electron chi connectivity index (χ4n) is 1.25. The van der Waals surface area contributed by atoms with Crippen LogP contribution in [0.3, 0.4) is 0 Å². The first-order chi connectivity index (χ1) is 5.87. The molecule has 1 atom stereocenters. The van der Waals surface area contributed by atoms with Gasteiger partial charge in [0.05, 0.1) is 12.1 Å². The number of guanidine groups is 1. The molecule has 0 spiro atoms. The van der Waals surface area contributed by atoms with Gasteiger partial charge in [-0.1, -0.05) is 13.8 Å². The van der Waals surface area contributed by atoms with Crippen LogP contribution in [-0.4, -0.2) is 23.2 Å². The van der Waals surface area contributed by atoms with Crippen molar-refractivity contribution in [2.24, 2.45) is 22.5 Å². The molecule has 0 saturated carbocycles. The lowest BCUT2D eigenvalue weighted by Gasteiger charge is -2.23. The molecule has 0 rings (SSSR count). The second-order valence-corrected chi connectivity index (χ2v) is 3.94. The summed E-state index contributed by atoms with van der Waals surface area (Å²) in [5.74, 6) is 5.59. The van der Waals surface area contributed by atoms with Gasteiger partial charge in [-0.15, -0.1) is 0 Å². The van der Waals surface area contributed by atoms with Crippen LogP contribution in [0.25, 0.3) is 0 Å². The predicted molar refractivity (Wildman–Crippen MR) is 53.9 cm³/mol. The fraction of sp³-hybridized carbons (Fsp3) is 0.875. The molecule has 0 aliphatic carbocycles. The van der Waals surface area contributed by atoms with Crippen molar-refractivity contribution in [3.05, 3.63) is 0 Å². The van der Waals surface area contributed by atoms with Gasteiger partial charge in [0.25, 0.3) is 0 Å². The molecule has 0 fully saturated rings. The van der Waals surface area contributed by atoms with Crippen molar-refractivity contribution in [2.75, 3.05) is 6.54 Å². The number of nitrogens with one attached hydrogen (secondary N) is 1. The van der Waals surface area contributed by atoms with E-state index in [2.05, 4.69) is 10.4 Å². The zero-order valence-electron chi connectivity index (χ0n) is 8.54. The quantitative estimate of drug-likeness (QED) is 0.208. The van der Waals surface area contributed by atoms with Gasteiger partial charge >= 0.3 is 0 Å². The Balaban J connectivity index is 4.02. The molecule has 1 unspecified atom stereocenters. The van der Waals surface area contributed by atoms with Crippen molar-refractivity contribution in [1.82, 2.24) is 5.43 Å². The molecule has 0 aliphatic heterocycles.